The Bertz CT molecular complexity index is 1670. The summed E-state index contributed by atoms with van der Waals surface area (Å²) in [7, 11) is 0. The van der Waals surface area contributed by atoms with Crippen LogP contribution < -0.4 is 5.32 Å². The maximum absolute atomic E-state index is 15.0. The summed E-state index contributed by atoms with van der Waals surface area (Å²) in [4.78, 5) is 50.7. The van der Waals surface area contributed by atoms with Crippen LogP contribution in [0.15, 0.2) is 79.1 Å². The average molecular weight is 622 g/mol. The Labute approximate surface area is 255 Å². The third kappa shape index (κ3) is 7.89. The molecule has 0 spiro atoms. The first-order valence-corrected chi connectivity index (χ1v) is 13.5. The summed E-state index contributed by atoms with van der Waals surface area (Å²) < 4.78 is 30.7. The van der Waals surface area contributed by atoms with E-state index in [1.165, 1.54) is 60.4 Å². The molecule has 0 aliphatic rings. The summed E-state index contributed by atoms with van der Waals surface area (Å²) in [6.07, 6.45) is 1.37. The highest BCUT2D eigenvalue weighted by atomic mass is 35.5. The molecule has 0 radical (unpaired) electrons. The summed E-state index contributed by atoms with van der Waals surface area (Å²) in [5, 5.41) is 13.3. The van der Waals surface area contributed by atoms with Crippen molar-refractivity contribution in [1.29, 1.82) is 0 Å². The number of esters is 1. The first kappa shape index (κ1) is 31.5. The Balaban J connectivity index is 1.51. The number of hydrogen-bond acceptors (Lipinski definition) is 10. The summed E-state index contributed by atoms with van der Waals surface area (Å²) in [6, 6.07) is 16.8. The molecule has 0 saturated heterocycles. The van der Waals surface area contributed by atoms with Crippen molar-refractivity contribution in [3.63, 3.8) is 0 Å². The van der Waals surface area contributed by atoms with E-state index in [0.29, 0.717) is 5.56 Å². The topological polar surface area (TPSA) is 152 Å². The van der Waals surface area contributed by atoms with Crippen molar-refractivity contribution < 1.29 is 37.8 Å². The normalized spacial score (nSPS) is 12.3. The SMILES string of the molecule is CCOC(=O)OC(C)OC(=O)c1ccc(NC(=O)[C@H](C(=O)/C=C/c2c(-n3cnnn3)ccc(Cl)c2F)c2ccccc2)cc1. The number of halogens is 2. The largest absolute Gasteiger partial charge is 0.511 e. The lowest BCUT2D eigenvalue weighted by molar-refractivity contribution is -0.125. The van der Waals surface area contributed by atoms with Gasteiger partial charge in [0.2, 0.25) is 12.2 Å². The molecular formula is C30H25ClFN5O7. The van der Waals surface area contributed by atoms with Crippen LogP contribution in [0.3, 0.4) is 0 Å². The number of rotatable bonds is 11. The van der Waals surface area contributed by atoms with Crippen molar-refractivity contribution in [2.45, 2.75) is 26.1 Å². The highest BCUT2D eigenvalue weighted by molar-refractivity contribution is 6.31. The van der Waals surface area contributed by atoms with Gasteiger partial charge in [-0.25, -0.2) is 14.0 Å². The third-order valence-corrected chi connectivity index (χ3v) is 6.28. The fraction of sp³-hybridized carbons (Fsp3) is 0.167. The Morgan fingerprint density at radius 2 is 1.75 bits per heavy atom. The van der Waals surface area contributed by atoms with Gasteiger partial charge in [0.1, 0.15) is 12.2 Å². The zero-order chi connectivity index (χ0) is 31.6. The number of benzene rings is 3. The molecule has 0 aliphatic carbocycles. The number of anilines is 1. The van der Waals surface area contributed by atoms with Gasteiger partial charge >= 0.3 is 12.1 Å². The van der Waals surface area contributed by atoms with Gasteiger partial charge in [-0.15, -0.1) is 5.10 Å². The van der Waals surface area contributed by atoms with Crippen LogP contribution in [0.4, 0.5) is 14.9 Å². The van der Waals surface area contributed by atoms with Crippen LogP contribution in [-0.2, 0) is 23.8 Å². The maximum atomic E-state index is 15.0. The molecular weight excluding hydrogens is 597 g/mol. The zero-order valence-electron chi connectivity index (χ0n) is 23.3. The minimum absolute atomic E-state index is 0.0604. The number of tetrazole rings is 1. The first-order valence-electron chi connectivity index (χ1n) is 13.1. The number of aromatic nitrogens is 4. The van der Waals surface area contributed by atoms with Crippen molar-refractivity contribution >= 4 is 47.2 Å². The Kier molecular flexibility index (Phi) is 10.5. The first-order chi connectivity index (χ1) is 21.2. The molecule has 0 aliphatic heterocycles. The van der Waals surface area contributed by atoms with E-state index in [-0.39, 0.29) is 34.1 Å². The van der Waals surface area contributed by atoms with Crippen LogP contribution >= 0.6 is 11.6 Å². The number of amides is 1. The second-order valence-corrected chi connectivity index (χ2v) is 9.38. The molecule has 0 saturated carbocycles. The number of nitrogens with zero attached hydrogens (tertiary/aromatic N) is 4. The summed E-state index contributed by atoms with van der Waals surface area (Å²) in [6.45, 7) is 3.05. The minimum Gasteiger partial charge on any atom is -0.435 e. The lowest BCUT2D eigenvalue weighted by atomic mass is 9.92. The van der Waals surface area contributed by atoms with Crippen LogP contribution in [0.1, 0.15) is 41.3 Å². The molecule has 1 heterocycles. The average Bonchev–Trinajstić information content (AvgIpc) is 3.54. The van der Waals surface area contributed by atoms with Crippen molar-refractivity contribution in [2.24, 2.45) is 0 Å². The molecule has 226 valence electrons. The molecule has 14 heteroatoms. The van der Waals surface area contributed by atoms with Crippen LogP contribution in [0.25, 0.3) is 11.8 Å². The zero-order valence-corrected chi connectivity index (χ0v) is 24.1. The predicted octanol–water partition coefficient (Wildman–Crippen LogP) is 5.14. The molecule has 12 nitrogen and oxygen atoms in total. The third-order valence-electron chi connectivity index (χ3n) is 5.98. The van der Waals surface area contributed by atoms with Gasteiger partial charge in [-0.3, -0.25) is 9.59 Å². The standard InChI is InChI=1S/C30H25ClFN5O7/c1-3-42-30(41)44-18(2)43-29(40)20-9-11-21(12-10-20)34-28(39)26(19-7-5-4-6-8-19)25(38)16-13-22-24(37-17-33-35-36-37)15-14-23(31)27(22)32/h4-18,26H,3H2,1-2H3,(H,34,39)/b16-13+/t18?,26-/m0/s1. The number of ether oxygens (including phenoxy) is 3. The van der Waals surface area contributed by atoms with Crippen molar-refractivity contribution in [1.82, 2.24) is 20.2 Å². The van der Waals surface area contributed by atoms with Gasteiger partial charge in [-0.05, 0) is 71.5 Å². The van der Waals surface area contributed by atoms with Gasteiger partial charge in [0.05, 0.1) is 22.9 Å². The highest BCUT2D eigenvalue weighted by Crippen LogP contribution is 2.27. The van der Waals surface area contributed by atoms with E-state index in [4.69, 9.17) is 21.1 Å². The second kappa shape index (κ2) is 14.6. The Morgan fingerprint density at radius 1 is 1.02 bits per heavy atom. The second-order valence-electron chi connectivity index (χ2n) is 8.97. The van der Waals surface area contributed by atoms with Crippen LogP contribution in [-0.4, -0.2) is 56.9 Å². The van der Waals surface area contributed by atoms with E-state index in [2.05, 4.69) is 25.6 Å². The summed E-state index contributed by atoms with van der Waals surface area (Å²) in [5.41, 5.74) is 0.949. The van der Waals surface area contributed by atoms with Gasteiger partial charge in [0.25, 0.3) is 0 Å². The molecule has 2 atom stereocenters. The molecule has 3 aromatic carbocycles. The molecule has 0 bridgehead atoms. The van der Waals surface area contributed by atoms with E-state index < -0.39 is 41.8 Å². The molecule has 4 aromatic rings. The van der Waals surface area contributed by atoms with Crippen LogP contribution in [0, 0.1) is 5.82 Å². The van der Waals surface area contributed by atoms with Crippen molar-refractivity contribution in [3.8, 4) is 5.69 Å². The van der Waals surface area contributed by atoms with Gasteiger partial charge in [-0.1, -0.05) is 41.9 Å². The van der Waals surface area contributed by atoms with Crippen LogP contribution in [0.2, 0.25) is 5.02 Å². The Morgan fingerprint density at radius 3 is 2.41 bits per heavy atom. The number of hydrogen-bond donors (Lipinski definition) is 1. The van der Waals surface area contributed by atoms with E-state index in [0.717, 1.165) is 6.08 Å². The number of ketones is 1. The molecule has 1 amide bonds. The summed E-state index contributed by atoms with van der Waals surface area (Å²) >= 11 is 5.98. The van der Waals surface area contributed by atoms with Gasteiger partial charge in [0.15, 0.2) is 11.6 Å². The molecule has 4 rings (SSSR count). The van der Waals surface area contributed by atoms with Crippen LogP contribution in [0.5, 0.6) is 0 Å². The van der Waals surface area contributed by atoms with Gasteiger partial charge in [-0.2, -0.15) is 4.68 Å². The number of allylic oxidation sites excluding steroid dienone is 1. The monoisotopic (exact) mass is 621 g/mol. The van der Waals surface area contributed by atoms with Gasteiger partial charge < -0.3 is 19.5 Å². The van der Waals surface area contributed by atoms with E-state index in [1.54, 1.807) is 37.3 Å². The number of carbonyl (C=O) groups is 4. The maximum Gasteiger partial charge on any atom is 0.511 e. The van der Waals surface area contributed by atoms with E-state index >= 15 is 4.39 Å². The molecule has 1 N–H and O–H groups in total. The van der Waals surface area contributed by atoms with E-state index in [1.807, 2.05) is 0 Å². The molecule has 1 unspecified atom stereocenters. The van der Waals surface area contributed by atoms with Gasteiger partial charge in [0, 0.05) is 18.2 Å². The summed E-state index contributed by atoms with van der Waals surface area (Å²) in [5.74, 6) is -4.21. The Hall–Kier alpha value is -5.43. The lowest BCUT2D eigenvalue weighted by Gasteiger charge is -2.16. The van der Waals surface area contributed by atoms with Crippen molar-refractivity contribution in [3.05, 3.63) is 107 Å². The molecule has 0 fully saturated rings. The fourth-order valence-corrected chi connectivity index (χ4v) is 4.14. The van der Waals surface area contributed by atoms with Crippen molar-refractivity contribution in [2.75, 3.05) is 11.9 Å². The minimum atomic E-state index is -1.31. The lowest BCUT2D eigenvalue weighted by Crippen LogP contribution is -2.27. The molecule has 44 heavy (non-hydrogen) atoms. The number of carbonyl (C=O) groups excluding carboxylic acids is 4. The predicted molar refractivity (Wildman–Crippen MR) is 155 cm³/mol. The molecule has 1 aromatic heterocycles. The smallest absolute Gasteiger partial charge is 0.435 e. The van der Waals surface area contributed by atoms with E-state index in [9.17, 15) is 19.2 Å². The highest BCUT2D eigenvalue weighted by Gasteiger charge is 2.27. The quantitative estimate of drug-likeness (QED) is 0.103. The number of nitrogens with one attached hydrogen (secondary N) is 1. The fourth-order valence-electron chi connectivity index (χ4n) is 3.97.